The molecule has 0 unspecified atom stereocenters. The predicted octanol–water partition coefficient (Wildman–Crippen LogP) is 5.20. The molecular formula is C25H27N3O2. The molecule has 3 aromatic carbocycles. The number of hydrogen-bond acceptors (Lipinski definition) is 4. The Labute approximate surface area is 177 Å². The van der Waals surface area contributed by atoms with Crippen LogP contribution in [0.15, 0.2) is 66.9 Å². The number of benzene rings is 3. The lowest BCUT2D eigenvalue weighted by atomic mass is 10.0. The van der Waals surface area contributed by atoms with Crippen LogP contribution in [0.4, 0.5) is 0 Å². The van der Waals surface area contributed by atoms with E-state index in [1.165, 1.54) is 16.5 Å². The number of nitrogens with one attached hydrogen (secondary N) is 1. The molecule has 0 aliphatic heterocycles. The number of methoxy groups -OCH3 is 2. The summed E-state index contributed by atoms with van der Waals surface area (Å²) >= 11 is 0. The van der Waals surface area contributed by atoms with Gasteiger partial charge in [0.05, 0.1) is 26.1 Å². The first-order chi connectivity index (χ1) is 14.6. The third kappa shape index (κ3) is 3.76. The van der Waals surface area contributed by atoms with E-state index in [-0.39, 0.29) is 6.04 Å². The Morgan fingerprint density at radius 3 is 2.37 bits per heavy atom. The van der Waals surface area contributed by atoms with Crippen molar-refractivity contribution in [3.05, 3.63) is 83.7 Å². The molecular weight excluding hydrogens is 374 g/mol. The fraction of sp³-hybridized carbons (Fsp3) is 0.240. The monoisotopic (exact) mass is 401 g/mol. The number of aromatic nitrogens is 2. The van der Waals surface area contributed by atoms with Crippen molar-refractivity contribution in [2.45, 2.75) is 26.4 Å². The number of rotatable bonds is 7. The predicted molar refractivity (Wildman–Crippen MR) is 121 cm³/mol. The molecule has 4 aromatic rings. The van der Waals surface area contributed by atoms with Crippen LogP contribution in [0.3, 0.4) is 0 Å². The molecule has 0 fully saturated rings. The number of nitrogens with zero attached hydrogens (tertiary/aromatic N) is 2. The number of fused-ring (bicyclic) bond motifs is 1. The Morgan fingerprint density at radius 1 is 0.933 bits per heavy atom. The van der Waals surface area contributed by atoms with E-state index in [1.807, 2.05) is 47.3 Å². The van der Waals surface area contributed by atoms with Gasteiger partial charge < -0.3 is 14.8 Å². The highest BCUT2D eigenvalue weighted by atomic mass is 16.5. The summed E-state index contributed by atoms with van der Waals surface area (Å²) < 4.78 is 12.7. The largest absolute Gasteiger partial charge is 0.497 e. The summed E-state index contributed by atoms with van der Waals surface area (Å²) in [6, 6.07) is 20.6. The smallest absolute Gasteiger partial charge is 0.126 e. The van der Waals surface area contributed by atoms with Crippen LogP contribution < -0.4 is 14.8 Å². The van der Waals surface area contributed by atoms with Gasteiger partial charge in [-0.25, -0.2) is 4.68 Å². The van der Waals surface area contributed by atoms with Gasteiger partial charge in [0, 0.05) is 29.2 Å². The van der Waals surface area contributed by atoms with Gasteiger partial charge in [-0.1, -0.05) is 30.3 Å². The zero-order valence-electron chi connectivity index (χ0n) is 17.8. The maximum atomic E-state index is 5.51. The number of hydrogen-bond donors (Lipinski definition) is 1. The summed E-state index contributed by atoms with van der Waals surface area (Å²) in [6.07, 6.45) is 1.95. The molecule has 0 saturated heterocycles. The van der Waals surface area contributed by atoms with E-state index in [0.29, 0.717) is 0 Å². The lowest BCUT2D eigenvalue weighted by Crippen LogP contribution is -2.19. The molecule has 0 saturated carbocycles. The summed E-state index contributed by atoms with van der Waals surface area (Å²) in [5, 5.41) is 10.6. The molecule has 30 heavy (non-hydrogen) atoms. The van der Waals surface area contributed by atoms with Crippen LogP contribution in [-0.2, 0) is 6.54 Å². The normalized spacial score (nSPS) is 12.1. The maximum Gasteiger partial charge on any atom is 0.126 e. The van der Waals surface area contributed by atoms with Crippen molar-refractivity contribution >= 4 is 10.8 Å². The van der Waals surface area contributed by atoms with Crippen LogP contribution in [0.25, 0.3) is 16.5 Å². The van der Waals surface area contributed by atoms with Crippen molar-refractivity contribution < 1.29 is 9.47 Å². The molecule has 1 N–H and O–H groups in total. The van der Waals surface area contributed by atoms with Crippen molar-refractivity contribution in [3.63, 3.8) is 0 Å². The second kappa shape index (κ2) is 8.59. The highest BCUT2D eigenvalue weighted by Crippen LogP contribution is 2.29. The van der Waals surface area contributed by atoms with Crippen LogP contribution in [0.1, 0.15) is 29.8 Å². The van der Waals surface area contributed by atoms with Crippen molar-refractivity contribution in [2.24, 2.45) is 0 Å². The molecule has 0 radical (unpaired) electrons. The lowest BCUT2D eigenvalue weighted by Gasteiger charge is -2.16. The standard InChI is InChI=1S/C25H27N3O2/c1-17(24-16-27-28(18(24)2)20-10-12-21(29-3)13-11-20)26-15-19-9-14-25(30-4)23-8-6-5-7-22(19)23/h5-14,16-17,26H,15H2,1-4H3/t17-/m1/s1. The first-order valence-electron chi connectivity index (χ1n) is 10.1. The fourth-order valence-corrected chi connectivity index (χ4v) is 3.87. The molecule has 0 amide bonds. The quantitative estimate of drug-likeness (QED) is 0.462. The van der Waals surface area contributed by atoms with E-state index in [2.05, 4.69) is 48.5 Å². The molecule has 154 valence electrons. The van der Waals surface area contributed by atoms with Crippen LogP contribution in [0, 0.1) is 6.92 Å². The summed E-state index contributed by atoms with van der Waals surface area (Å²) in [7, 11) is 3.39. The zero-order chi connectivity index (χ0) is 21.1. The SMILES string of the molecule is COc1ccc(-n2ncc([C@@H](C)NCc3ccc(OC)c4ccccc34)c2C)cc1. The second-order valence-corrected chi connectivity index (χ2v) is 7.37. The van der Waals surface area contributed by atoms with Gasteiger partial charge in [-0.3, -0.25) is 0 Å². The first kappa shape index (κ1) is 20.0. The van der Waals surface area contributed by atoms with E-state index < -0.39 is 0 Å². The molecule has 1 aromatic heterocycles. The molecule has 5 nitrogen and oxygen atoms in total. The Balaban J connectivity index is 1.53. The van der Waals surface area contributed by atoms with E-state index >= 15 is 0 Å². The second-order valence-electron chi connectivity index (χ2n) is 7.37. The highest BCUT2D eigenvalue weighted by Gasteiger charge is 2.15. The van der Waals surface area contributed by atoms with E-state index in [4.69, 9.17) is 9.47 Å². The average Bonchev–Trinajstić information content (AvgIpc) is 3.18. The van der Waals surface area contributed by atoms with Crippen LogP contribution >= 0.6 is 0 Å². The molecule has 5 heteroatoms. The molecule has 0 spiro atoms. The summed E-state index contributed by atoms with van der Waals surface area (Å²) in [5.74, 6) is 1.74. The van der Waals surface area contributed by atoms with Gasteiger partial charge in [0.15, 0.2) is 0 Å². The van der Waals surface area contributed by atoms with Crippen LogP contribution in [0.2, 0.25) is 0 Å². The van der Waals surface area contributed by atoms with Crippen molar-refractivity contribution in [1.82, 2.24) is 15.1 Å². The first-order valence-corrected chi connectivity index (χ1v) is 10.1. The Bertz CT molecular complexity index is 1150. The van der Waals surface area contributed by atoms with Gasteiger partial charge in [-0.2, -0.15) is 5.10 Å². The van der Waals surface area contributed by atoms with Gasteiger partial charge in [-0.05, 0) is 55.1 Å². The highest BCUT2D eigenvalue weighted by molar-refractivity contribution is 5.91. The van der Waals surface area contributed by atoms with E-state index in [1.54, 1.807) is 14.2 Å². The fourth-order valence-electron chi connectivity index (χ4n) is 3.87. The Kier molecular flexibility index (Phi) is 5.72. The van der Waals surface area contributed by atoms with Gasteiger partial charge in [0.25, 0.3) is 0 Å². The lowest BCUT2D eigenvalue weighted by molar-refractivity contribution is 0.414. The summed E-state index contributed by atoms with van der Waals surface area (Å²) in [4.78, 5) is 0. The molecule has 0 bridgehead atoms. The molecule has 0 aliphatic rings. The zero-order valence-corrected chi connectivity index (χ0v) is 17.8. The van der Waals surface area contributed by atoms with Crippen LogP contribution in [0.5, 0.6) is 11.5 Å². The Hall–Kier alpha value is -3.31. The minimum absolute atomic E-state index is 0.165. The van der Waals surface area contributed by atoms with Crippen molar-refractivity contribution in [3.8, 4) is 17.2 Å². The summed E-state index contributed by atoms with van der Waals surface area (Å²) in [5.41, 5.74) is 4.58. The topological polar surface area (TPSA) is 48.3 Å². The molecule has 4 rings (SSSR count). The molecule has 1 heterocycles. The third-order valence-corrected chi connectivity index (χ3v) is 5.62. The van der Waals surface area contributed by atoms with Gasteiger partial charge in [-0.15, -0.1) is 0 Å². The number of ether oxygens (including phenoxy) is 2. The van der Waals surface area contributed by atoms with Crippen molar-refractivity contribution in [2.75, 3.05) is 14.2 Å². The van der Waals surface area contributed by atoms with Gasteiger partial charge in [0.2, 0.25) is 0 Å². The van der Waals surface area contributed by atoms with E-state index in [9.17, 15) is 0 Å². The van der Waals surface area contributed by atoms with Crippen molar-refractivity contribution in [1.29, 1.82) is 0 Å². The maximum absolute atomic E-state index is 5.51. The Morgan fingerprint density at radius 2 is 1.67 bits per heavy atom. The van der Waals surface area contributed by atoms with Crippen LogP contribution in [-0.4, -0.2) is 24.0 Å². The third-order valence-electron chi connectivity index (χ3n) is 5.62. The summed E-state index contributed by atoms with van der Waals surface area (Å²) in [6.45, 7) is 5.04. The average molecular weight is 402 g/mol. The molecule has 0 aliphatic carbocycles. The molecule has 1 atom stereocenters. The van der Waals surface area contributed by atoms with Gasteiger partial charge in [0.1, 0.15) is 11.5 Å². The minimum Gasteiger partial charge on any atom is -0.497 e. The van der Waals surface area contributed by atoms with E-state index in [0.717, 1.165) is 34.8 Å². The van der Waals surface area contributed by atoms with Gasteiger partial charge >= 0.3 is 0 Å². The minimum atomic E-state index is 0.165.